The third kappa shape index (κ3) is 4.21. The number of esters is 1. The summed E-state index contributed by atoms with van der Waals surface area (Å²) in [5.74, 6) is 1.03. The predicted octanol–water partition coefficient (Wildman–Crippen LogP) is 5.69. The third-order valence-electron chi connectivity index (χ3n) is 5.01. The van der Waals surface area contributed by atoms with Gasteiger partial charge in [-0.1, -0.05) is 30.3 Å². The van der Waals surface area contributed by atoms with Crippen molar-refractivity contribution in [3.63, 3.8) is 0 Å². The predicted molar refractivity (Wildman–Crippen MR) is 125 cm³/mol. The van der Waals surface area contributed by atoms with Crippen LogP contribution in [0.1, 0.15) is 28.4 Å². The van der Waals surface area contributed by atoms with E-state index >= 15 is 0 Å². The Morgan fingerprint density at radius 1 is 1.19 bits per heavy atom. The Hall–Kier alpha value is -2.94. The molecule has 1 aliphatic rings. The number of hydrogen-bond acceptors (Lipinski definition) is 8. The molecule has 2 aromatic carbocycles. The van der Waals surface area contributed by atoms with Gasteiger partial charge in [-0.2, -0.15) is 0 Å². The molecule has 2 aromatic heterocycles. The van der Waals surface area contributed by atoms with Crippen LogP contribution >= 0.6 is 23.1 Å². The van der Waals surface area contributed by atoms with Crippen molar-refractivity contribution in [1.29, 1.82) is 0 Å². The summed E-state index contributed by atoms with van der Waals surface area (Å²) in [5, 5.41) is 1.93. The normalized spacial score (nSPS) is 12.9. The van der Waals surface area contributed by atoms with E-state index in [2.05, 4.69) is 28.2 Å². The van der Waals surface area contributed by atoms with Gasteiger partial charge in [-0.15, -0.1) is 23.1 Å². The Balaban J connectivity index is 1.46. The standard InChI is InChI=1S/C24H20N2O4S2/c1-2-29-24(27)16-8-17-11-28-14-30-21(17)18(9-16)12-31-22-19-10-20(15-6-4-3-5-7-15)32-23(19)26-13-25-22/h3-10,13H,2,11-12,14H2,1H3. The summed E-state index contributed by atoms with van der Waals surface area (Å²) >= 11 is 3.25. The van der Waals surface area contributed by atoms with Crippen molar-refractivity contribution in [1.82, 2.24) is 9.97 Å². The molecule has 0 amide bonds. The van der Waals surface area contributed by atoms with Gasteiger partial charge in [0.15, 0.2) is 6.79 Å². The van der Waals surface area contributed by atoms with Crippen LogP contribution in [-0.4, -0.2) is 29.3 Å². The van der Waals surface area contributed by atoms with E-state index in [1.807, 2.05) is 24.3 Å². The third-order valence-corrected chi connectivity index (χ3v) is 7.16. The molecule has 6 nitrogen and oxygen atoms in total. The van der Waals surface area contributed by atoms with Crippen LogP contribution < -0.4 is 4.74 Å². The van der Waals surface area contributed by atoms with Gasteiger partial charge in [-0.05, 0) is 30.7 Å². The van der Waals surface area contributed by atoms with Gasteiger partial charge in [0, 0.05) is 27.1 Å². The summed E-state index contributed by atoms with van der Waals surface area (Å²) in [6.45, 7) is 2.73. The molecule has 8 heteroatoms. The molecule has 32 heavy (non-hydrogen) atoms. The lowest BCUT2D eigenvalue weighted by molar-refractivity contribution is -0.0169. The fraction of sp³-hybridized carbons (Fsp3) is 0.208. The number of carbonyl (C=O) groups is 1. The number of rotatable bonds is 6. The molecule has 0 unspecified atom stereocenters. The van der Waals surface area contributed by atoms with Crippen LogP contribution in [0.2, 0.25) is 0 Å². The molecular formula is C24H20N2O4S2. The number of ether oxygens (including phenoxy) is 3. The molecule has 3 heterocycles. The Morgan fingerprint density at radius 2 is 2.06 bits per heavy atom. The van der Waals surface area contributed by atoms with Gasteiger partial charge in [0.2, 0.25) is 0 Å². The van der Waals surface area contributed by atoms with Gasteiger partial charge in [0.05, 0.1) is 18.8 Å². The Morgan fingerprint density at radius 3 is 2.91 bits per heavy atom. The molecule has 0 aliphatic carbocycles. The highest BCUT2D eigenvalue weighted by molar-refractivity contribution is 7.98. The minimum Gasteiger partial charge on any atom is -0.467 e. The summed E-state index contributed by atoms with van der Waals surface area (Å²) in [5.41, 5.74) is 3.44. The van der Waals surface area contributed by atoms with Crippen LogP contribution in [0.25, 0.3) is 20.7 Å². The second-order valence-electron chi connectivity index (χ2n) is 7.12. The van der Waals surface area contributed by atoms with E-state index < -0.39 is 0 Å². The number of nitrogens with zero attached hydrogens (tertiary/aromatic N) is 2. The largest absolute Gasteiger partial charge is 0.467 e. The number of thioether (sulfide) groups is 1. The molecule has 0 fully saturated rings. The zero-order valence-electron chi connectivity index (χ0n) is 17.4. The number of aromatic nitrogens is 2. The zero-order valence-corrected chi connectivity index (χ0v) is 19.0. The lowest BCUT2D eigenvalue weighted by Crippen LogP contribution is -2.15. The maximum absolute atomic E-state index is 12.3. The molecule has 5 rings (SSSR count). The Kier molecular flexibility index (Phi) is 6.07. The van der Waals surface area contributed by atoms with Crippen LogP contribution in [-0.2, 0) is 21.8 Å². The summed E-state index contributed by atoms with van der Waals surface area (Å²) in [4.78, 5) is 23.4. The van der Waals surface area contributed by atoms with Crippen molar-refractivity contribution in [3.05, 3.63) is 71.5 Å². The minimum atomic E-state index is -0.345. The topological polar surface area (TPSA) is 70.5 Å². The molecule has 0 atom stereocenters. The van der Waals surface area contributed by atoms with Gasteiger partial charge < -0.3 is 14.2 Å². The average molecular weight is 465 g/mol. The number of fused-ring (bicyclic) bond motifs is 2. The Labute approximate surface area is 193 Å². The first-order chi connectivity index (χ1) is 15.7. The first-order valence-electron chi connectivity index (χ1n) is 10.2. The quantitative estimate of drug-likeness (QED) is 0.206. The van der Waals surface area contributed by atoms with E-state index in [0.29, 0.717) is 24.5 Å². The van der Waals surface area contributed by atoms with Gasteiger partial charge in [-0.25, -0.2) is 14.8 Å². The zero-order chi connectivity index (χ0) is 21.9. The van der Waals surface area contributed by atoms with Crippen molar-refractivity contribution in [2.75, 3.05) is 13.4 Å². The molecule has 1 aliphatic heterocycles. The highest BCUT2D eigenvalue weighted by Crippen LogP contribution is 2.39. The maximum atomic E-state index is 12.3. The first-order valence-corrected chi connectivity index (χ1v) is 12.0. The van der Waals surface area contributed by atoms with Crippen LogP contribution in [0.5, 0.6) is 5.75 Å². The average Bonchev–Trinajstić information content (AvgIpc) is 3.28. The summed E-state index contributed by atoms with van der Waals surface area (Å²) < 4.78 is 16.4. The monoisotopic (exact) mass is 464 g/mol. The fourth-order valence-corrected chi connectivity index (χ4v) is 5.59. The fourth-order valence-electron chi connectivity index (χ4n) is 3.58. The lowest BCUT2D eigenvalue weighted by atomic mass is 10.0. The highest BCUT2D eigenvalue weighted by Gasteiger charge is 2.21. The second-order valence-corrected chi connectivity index (χ2v) is 9.11. The van der Waals surface area contributed by atoms with Gasteiger partial charge in [-0.3, -0.25) is 0 Å². The van der Waals surface area contributed by atoms with Crippen molar-refractivity contribution < 1.29 is 19.0 Å². The smallest absolute Gasteiger partial charge is 0.338 e. The molecule has 0 N–H and O–H groups in total. The molecule has 0 bridgehead atoms. The maximum Gasteiger partial charge on any atom is 0.338 e. The number of hydrogen-bond donors (Lipinski definition) is 0. The van der Waals surface area contributed by atoms with Crippen LogP contribution in [0.4, 0.5) is 0 Å². The van der Waals surface area contributed by atoms with Crippen LogP contribution in [0.15, 0.2) is 59.9 Å². The Bertz CT molecular complexity index is 1270. The number of benzene rings is 2. The minimum absolute atomic E-state index is 0.201. The summed E-state index contributed by atoms with van der Waals surface area (Å²) in [6.07, 6.45) is 1.60. The van der Waals surface area contributed by atoms with Gasteiger partial charge >= 0.3 is 5.97 Å². The van der Waals surface area contributed by atoms with Crippen molar-refractivity contribution in [2.24, 2.45) is 0 Å². The van der Waals surface area contributed by atoms with Crippen LogP contribution in [0.3, 0.4) is 0 Å². The van der Waals surface area contributed by atoms with E-state index in [1.54, 1.807) is 42.4 Å². The van der Waals surface area contributed by atoms with E-state index in [9.17, 15) is 4.79 Å². The summed E-state index contributed by atoms with van der Waals surface area (Å²) in [6, 6.07) is 16.0. The molecule has 0 saturated carbocycles. The van der Waals surface area contributed by atoms with Gasteiger partial charge in [0.1, 0.15) is 21.9 Å². The SMILES string of the molecule is CCOC(=O)c1cc2c(c(CSc3ncnc4sc(-c5ccccc5)cc34)c1)OCOC2. The highest BCUT2D eigenvalue weighted by atomic mass is 32.2. The molecule has 0 radical (unpaired) electrons. The molecular weight excluding hydrogens is 444 g/mol. The molecule has 4 aromatic rings. The molecule has 0 saturated heterocycles. The number of carbonyl (C=O) groups excluding carboxylic acids is 1. The van der Waals surface area contributed by atoms with Crippen molar-refractivity contribution in [3.8, 4) is 16.2 Å². The van der Waals surface area contributed by atoms with Crippen molar-refractivity contribution in [2.45, 2.75) is 24.3 Å². The van der Waals surface area contributed by atoms with E-state index in [1.165, 1.54) is 0 Å². The van der Waals surface area contributed by atoms with Gasteiger partial charge in [0.25, 0.3) is 0 Å². The van der Waals surface area contributed by atoms with E-state index in [0.717, 1.165) is 42.6 Å². The second kappa shape index (κ2) is 9.28. The van der Waals surface area contributed by atoms with E-state index in [-0.39, 0.29) is 12.8 Å². The summed E-state index contributed by atoms with van der Waals surface area (Å²) in [7, 11) is 0. The number of thiophene rings is 1. The molecule has 0 spiro atoms. The first kappa shape index (κ1) is 20.9. The van der Waals surface area contributed by atoms with Crippen molar-refractivity contribution >= 4 is 39.3 Å². The molecule has 162 valence electrons. The van der Waals surface area contributed by atoms with Crippen LogP contribution in [0, 0.1) is 0 Å². The lowest BCUT2D eigenvalue weighted by Gasteiger charge is -2.21. The van der Waals surface area contributed by atoms with E-state index in [4.69, 9.17) is 14.2 Å².